The Balaban J connectivity index is 1.87. The van der Waals surface area contributed by atoms with Gasteiger partial charge < -0.3 is 15.8 Å². The lowest BCUT2D eigenvalue weighted by atomic mass is 9.97. The van der Waals surface area contributed by atoms with Gasteiger partial charge in [0.15, 0.2) is 5.96 Å². The van der Waals surface area contributed by atoms with Crippen molar-refractivity contribution in [2.75, 3.05) is 19.0 Å². The highest BCUT2D eigenvalue weighted by molar-refractivity contribution is 5.92. The van der Waals surface area contributed by atoms with Crippen LogP contribution in [0.25, 0.3) is 0 Å². The third kappa shape index (κ3) is 5.23. The SMILES string of the molecule is COCc1ccccc1NC(N)=NCCC1=CCCCC1. The summed E-state index contributed by atoms with van der Waals surface area (Å²) >= 11 is 0. The van der Waals surface area contributed by atoms with E-state index in [0.717, 1.165) is 24.2 Å². The maximum atomic E-state index is 5.96. The van der Waals surface area contributed by atoms with Crippen molar-refractivity contribution in [1.29, 1.82) is 0 Å². The molecule has 0 saturated heterocycles. The number of hydrogen-bond acceptors (Lipinski definition) is 2. The van der Waals surface area contributed by atoms with E-state index in [0.29, 0.717) is 12.6 Å². The molecule has 1 aliphatic rings. The van der Waals surface area contributed by atoms with Crippen molar-refractivity contribution >= 4 is 11.6 Å². The summed E-state index contributed by atoms with van der Waals surface area (Å²) < 4.78 is 5.18. The molecule has 21 heavy (non-hydrogen) atoms. The molecular formula is C17H25N3O. The van der Waals surface area contributed by atoms with Crippen molar-refractivity contribution in [2.45, 2.75) is 38.7 Å². The van der Waals surface area contributed by atoms with Crippen molar-refractivity contribution in [3.05, 3.63) is 41.5 Å². The standard InChI is InChI=1S/C17H25N3O/c1-21-13-15-9-5-6-10-16(15)20-17(18)19-12-11-14-7-3-2-4-8-14/h5-7,9-10H,2-4,8,11-13H2,1H3,(H3,18,19,20). The molecule has 0 aliphatic heterocycles. The molecule has 4 heteroatoms. The number of rotatable bonds is 6. The number of anilines is 1. The second kappa shape index (κ2) is 8.47. The van der Waals surface area contributed by atoms with E-state index in [1.54, 1.807) is 7.11 Å². The molecule has 1 aromatic carbocycles. The van der Waals surface area contributed by atoms with E-state index in [1.165, 1.54) is 31.3 Å². The van der Waals surface area contributed by atoms with Gasteiger partial charge in [-0.05, 0) is 38.2 Å². The minimum atomic E-state index is 0.468. The quantitative estimate of drug-likeness (QED) is 0.478. The summed E-state index contributed by atoms with van der Waals surface area (Å²) in [7, 11) is 1.69. The van der Waals surface area contributed by atoms with E-state index in [4.69, 9.17) is 10.5 Å². The monoisotopic (exact) mass is 287 g/mol. The van der Waals surface area contributed by atoms with Crippen molar-refractivity contribution in [2.24, 2.45) is 10.7 Å². The van der Waals surface area contributed by atoms with Gasteiger partial charge in [-0.1, -0.05) is 29.8 Å². The van der Waals surface area contributed by atoms with Crippen molar-refractivity contribution < 1.29 is 4.74 Å². The lowest BCUT2D eigenvalue weighted by Crippen LogP contribution is -2.23. The first kappa shape index (κ1) is 15.6. The van der Waals surface area contributed by atoms with Crippen LogP contribution in [-0.4, -0.2) is 19.6 Å². The molecule has 4 nitrogen and oxygen atoms in total. The molecule has 1 aliphatic carbocycles. The van der Waals surface area contributed by atoms with Crippen molar-refractivity contribution in [3.63, 3.8) is 0 Å². The zero-order chi connectivity index (χ0) is 14.9. The van der Waals surface area contributed by atoms with Gasteiger partial charge in [-0.2, -0.15) is 0 Å². The van der Waals surface area contributed by atoms with E-state index in [9.17, 15) is 0 Å². The Bertz CT molecular complexity index is 509. The fourth-order valence-corrected chi connectivity index (χ4v) is 2.55. The molecular weight excluding hydrogens is 262 g/mol. The minimum absolute atomic E-state index is 0.468. The highest BCUT2D eigenvalue weighted by Gasteiger charge is 2.04. The predicted molar refractivity (Wildman–Crippen MR) is 88.4 cm³/mol. The van der Waals surface area contributed by atoms with Crippen LogP contribution >= 0.6 is 0 Å². The summed E-state index contributed by atoms with van der Waals surface area (Å²) in [6.45, 7) is 1.31. The highest BCUT2D eigenvalue weighted by Crippen LogP contribution is 2.20. The summed E-state index contributed by atoms with van der Waals surface area (Å²) in [6.07, 6.45) is 8.45. The Morgan fingerprint density at radius 1 is 1.33 bits per heavy atom. The number of hydrogen-bond donors (Lipinski definition) is 2. The van der Waals surface area contributed by atoms with Gasteiger partial charge in [0.25, 0.3) is 0 Å². The average Bonchev–Trinajstić information content (AvgIpc) is 2.50. The number of benzene rings is 1. The molecule has 0 heterocycles. The van der Waals surface area contributed by atoms with Gasteiger partial charge in [-0.3, -0.25) is 4.99 Å². The largest absolute Gasteiger partial charge is 0.380 e. The molecule has 0 unspecified atom stereocenters. The van der Waals surface area contributed by atoms with Gasteiger partial charge in [-0.15, -0.1) is 0 Å². The summed E-state index contributed by atoms with van der Waals surface area (Å²) in [5, 5.41) is 3.16. The number of para-hydroxylation sites is 1. The third-order valence-electron chi connectivity index (χ3n) is 3.68. The Morgan fingerprint density at radius 2 is 2.19 bits per heavy atom. The van der Waals surface area contributed by atoms with E-state index in [-0.39, 0.29) is 0 Å². The predicted octanol–water partition coefficient (Wildman–Crippen LogP) is 3.45. The number of nitrogens with two attached hydrogens (primary N) is 1. The maximum Gasteiger partial charge on any atom is 0.193 e. The van der Waals surface area contributed by atoms with Gasteiger partial charge in [0.2, 0.25) is 0 Å². The van der Waals surface area contributed by atoms with Gasteiger partial charge >= 0.3 is 0 Å². The molecule has 3 N–H and O–H groups in total. The van der Waals surface area contributed by atoms with Gasteiger partial charge in [-0.25, -0.2) is 0 Å². The molecule has 0 bridgehead atoms. The van der Waals surface area contributed by atoms with E-state index in [2.05, 4.69) is 16.4 Å². The lowest BCUT2D eigenvalue weighted by molar-refractivity contribution is 0.185. The zero-order valence-corrected chi connectivity index (χ0v) is 12.8. The second-order valence-electron chi connectivity index (χ2n) is 5.34. The summed E-state index contributed by atoms with van der Waals surface area (Å²) in [5.74, 6) is 0.468. The molecule has 0 radical (unpaired) electrons. The Hall–Kier alpha value is -1.81. The maximum absolute atomic E-state index is 5.96. The Morgan fingerprint density at radius 3 is 2.95 bits per heavy atom. The fraction of sp³-hybridized carbons (Fsp3) is 0.471. The summed E-state index contributed by atoms with van der Waals surface area (Å²) in [6, 6.07) is 7.97. The molecule has 2 rings (SSSR count). The molecule has 0 aromatic heterocycles. The highest BCUT2D eigenvalue weighted by atomic mass is 16.5. The second-order valence-corrected chi connectivity index (χ2v) is 5.34. The van der Waals surface area contributed by atoms with Crippen LogP contribution < -0.4 is 11.1 Å². The number of methoxy groups -OCH3 is 1. The molecule has 0 saturated carbocycles. The first-order valence-corrected chi connectivity index (χ1v) is 7.61. The molecule has 1 aromatic rings. The normalized spacial score (nSPS) is 15.7. The van der Waals surface area contributed by atoms with Crippen LogP contribution in [0.5, 0.6) is 0 Å². The van der Waals surface area contributed by atoms with E-state index in [1.807, 2.05) is 24.3 Å². The number of ether oxygens (including phenoxy) is 1. The van der Waals surface area contributed by atoms with Crippen LogP contribution in [-0.2, 0) is 11.3 Å². The number of aliphatic imine (C=N–C) groups is 1. The zero-order valence-electron chi connectivity index (χ0n) is 12.8. The van der Waals surface area contributed by atoms with Crippen LogP contribution in [0.3, 0.4) is 0 Å². The summed E-state index contributed by atoms with van der Waals surface area (Å²) in [5.41, 5.74) is 9.52. The van der Waals surface area contributed by atoms with Crippen molar-refractivity contribution in [1.82, 2.24) is 0 Å². The number of nitrogens with zero attached hydrogens (tertiary/aromatic N) is 1. The topological polar surface area (TPSA) is 59.6 Å². The lowest BCUT2D eigenvalue weighted by Gasteiger charge is -2.12. The fourth-order valence-electron chi connectivity index (χ4n) is 2.55. The van der Waals surface area contributed by atoms with Gasteiger partial charge in [0.05, 0.1) is 6.61 Å². The third-order valence-corrected chi connectivity index (χ3v) is 3.68. The first-order chi connectivity index (χ1) is 10.3. The van der Waals surface area contributed by atoms with Crippen molar-refractivity contribution in [3.8, 4) is 0 Å². The van der Waals surface area contributed by atoms with Gasteiger partial charge in [0.1, 0.15) is 0 Å². The minimum Gasteiger partial charge on any atom is -0.380 e. The molecule has 0 amide bonds. The number of allylic oxidation sites excluding steroid dienone is 1. The van der Waals surface area contributed by atoms with E-state index < -0.39 is 0 Å². The van der Waals surface area contributed by atoms with Gasteiger partial charge in [0, 0.05) is 24.9 Å². The van der Waals surface area contributed by atoms with Crippen LogP contribution in [0.1, 0.15) is 37.7 Å². The smallest absolute Gasteiger partial charge is 0.193 e. The molecule has 0 atom stereocenters. The Labute approximate surface area is 127 Å². The van der Waals surface area contributed by atoms with Crippen LogP contribution in [0.4, 0.5) is 5.69 Å². The van der Waals surface area contributed by atoms with Crippen LogP contribution in [0, 0.1) is 0 Å². The molecule has 114 valence electrons. The van der Waals surface area contributed by atoms with E-state index >= 15 is 0 Å². The first-order valence-electron chi connectivity index (χ1n) is 7.61. The van der Waals surface area contributed by atoms with Crippen LogP contribution in [0.2, 0.25) is 0 Å². The molecule has 0 fully saturated rings. The van der Waals surface area contributed by atoms with Crippen LogP contribution in [0.15, 0.2) is 40.9 Å². The summed E-state index contributed by atoms with van der Waals surface area (Å²) in [4.78, 5) is 4.42. The Kier molecular flexibility index (Phi) is 6.28. The average molecular weight is 287 g/mol. The molecule has 0 spiro atoms. The number of guanidine groups is 1. The number of nitrogens with one attached hydrogen (secondary N) is 1.